The quantitative estimate of drug-likeness (QED) is 0.342. The van der Waals surface area contributed by atoms with Crippen molar-refractivity contribution in [1.82, 2.24) is 5.32 Å². The van der Waals surface area contributed by atoms with Crippen LogP contribution < -0.4 is 11.1 Å². The summed E-state index contributed by atoms with van der Waals surface area (Å²) in [5.74, 6) is -2.09. The summed E-state index contributed by atoms with van der Waals surface area (Å²) in [5.41, 5.74) is 6.30. The van der Waals surface area contributed by atoms with E-state index in [4.69, 9.17) is 10.9 Å². The molecule has 0 aliphatic rings. The molecule has 8 heteroatoms. The van der Waals surface area contributed by atoms with Gasteiger partial charge in [0.15, 0.2) is 5.84 Å². The van der Waals surface area contributed by atoms with Crippen LogP contribution in [-0.2, 0) is 4.79 Å². The summed E-state index contributed by atoms with van der Waals surface area (Å²) in [6, 6.07) is 5.25. The average molecular weight is 289 g/mol. The second-order valence-corrected chi connectivity index (χ2v) is 4.04. The molecule has 0 aliphatic heterocycles. The molecule has 1 atom stereocenters. The fraction of sp³-hybridized carbons (Fsp3) is 0.333. The Morgan fingerprint density at radius 2 is 1.95 bits per heavy atom. The van der Waals surface area contributed by atoms with Crippen molar-refractivity contribution < 1.29 is 23.2 Å². The number of hydrogen-bond donors (Lipinski definition) is 3. The minimum absolute atomic E-state index is 0.107. The molecule has 20 heavy (non-hydrogen) atoms. The molecule has 0 spiro atoms. The number of amides is 1. The lowest BCUT2D eigenvalue weighted by molar-refractivity contribution is -0.174. The van der Waals surface area contributed by atoms with Gasteiger partial charge in [-0.05, 0) is 12.0 Å². The van der Waals surface area contributed by atoms with E-state index in [1.54, 1.807) is 6.92 Å². The number of alkyl halides is 3. The van der Waals surface area contributed by atoms with E-state index >= 15 is 0 Å². The standard InChI is InChI=1S/C12H14F3N3O2/c1-2-9(17-11(19)12(13,14)15)7-3-5-8(6-4-7)10(16)18-20/h3-6,9,20H,2H2,1H3,(H2,16,18)(H,17,19). The Labute approximate surface area is 113 Å². The van der Waals surface area contributed by atoms with Crippen molar-refractivity contribution >= 4 is 11.7 Å². The lowest BCUT2D eigenvalue weighted by Gasteiger charge is -2.18. The molecule has 0 fully saturated rings. The maximum Gasteiger partial charge on any atom is 0.471 e. The molecule has 0 radical (unpaired) electrons. The fourth-order valence-electron chi connectivity index (χ4n) is 1.61. The van der Waals surface area contributed by atoms with Crippen LogP contribution in [0.3, 0.4) is 0 Å². The van der Waals surface area contributed by atoms with E-state index in [1.165, 1.54) is 24.3 Å². The van der Waals surface area contributed by atoms with Gasteiger partial charge < -0.3 is 16.3 Å². The number of oxime groups is 1. The second-order valence-electron chi connectivity index (χ2n) is 4.04. The highest BCUT2D eigenvalue weighted by molar-refractivity contribution is 5.97. The number of nitrogens with two attached hydrogens (primary N) is 1. The molecular weight excluding hydrogens is 275 g/mol. The zero-order valence-corrected chi connectivity index (χ0v) is 10.6. The molecule has 0 heterocycles. The first-order valence-corrected chi connectivity index (χ1v) is 5.75. The third-order valence-electron chi connectivity index (χ3n) is 2.69. The third-order valence-corrected chi connectivity index (χ3v) is 2.69. The van der Waals surface area contributed by atoms with Crippen molar-refractivity contribution in [2.45, 2.75) is 25.6 Å². The van der Waals surface area contributed by atoms with Gasteiger partial charge >= 0.3 is 12.1 Å². The Bertz CT molecular complexity index is 498. The lowest BCUT2D eigenvalue weighted by atomic mass is 10.0. The predicted octanol–water partition coefficient (Wildman–Crippen LogP) is 1.91. The topological polar surface area (TPSA) is 87.7 Å². The van der Waals surface area contributed by atoms with Gasteiger partial charge in [0, 0.05) is 5.56 Å². The van der Waals surface area contributed by atoms with Crippen molar-refractivity contribution in [1.29, 1.82) is 0 Å². The molecule has 0 saturated heterocycles. The highest BCUT2D eigenvalue weighted by Gasteiger charge is 2.39. The first-order chi connectivity index (χ1) is 9.29. The Morgan fingerprint density at radius 3 is 2.35 bits per heavy atom. The third kappa shape index (κ3) is 3.87. The highest BCUT2D eigenvalue weighted by Crippen LogP contribution is 2.21. The number of benzene rings is 1. The Balaban J connectivity index is 2.88. The molecule has 1 amide bonds. The van der Waals surface area contributed by atoms with Gasteiger partial charge in [-0.15, -0.1) is 0 Å². The molecule has 1 aromatic carbocycles. The molecule has 4 N–H and O–H groups in total. The van der Waals surface area contributed by atoms with Gasteiger partial charge in [0.1, 0.15) is 0 Å². The SMILES string of the molecule is CCC(NC(=O)C(F)(F)F)c1ccc(C(N)=NO)cc1. The van der Waals surface area contributed by atoms with Crippen LogP contribution in [0.5, 0.6) is 0 Å². The maximum absolute atomic E-state index is 12.2. The Kier molecular flexibility index (Phi) is 4.95. The van der Waals surface area contributed by atoms with Crippen LogP contribution in [0.4, 0.5) is 13.2 Å². The maximum atomic E-state index is 12.2. The summed E-state index contributed by atoms with van der Waals surface area (Å²) < 4.78 is 36.6. The zero-order valence-electron chi connectivity index (χ0n) is 10.6. The molecule has 0 aliphatic carbocycles. The van der Waals surface area contributed by atoms with E-state index < -0.39 is 18.1 Å². The number of rotatable bonds is 4. The minimum Gasteiger partial charge on any atom is -0.409 e. The average Bonchev–Trinajstić information content (AvgIpc) is 2.42. The smallest absolute Gasteiger partial charge is 0.409 e. The minimum atomic E-state index is -4.92. The van der Waals surface area contributed by atoms with Gasteiger partial charge in [0.05, 0.1) is 6.04 Å². The van der Waals surface area contributed by atoms with Crippen molar-refractivity contribution in [3.05, 3.63) is 35.4 Å². The predicted molar refractivity (Wildman–Crippen MR) is 66.2 cm³/mol. The van der Waals surface area contributed by atoms with E-state index in [0.29, 0.717) is 17.5 Å². The van der Waals surface area contributed by atoms with E-state index in [-0.39, 0.29) is 5.84 Å². The van der Waals surface area contributed by atoms with Crippen LogP contribution in [0.15, 0.2) is 29.4 Å². The number of carbonyl (C=O) groups excluding carboxylic acids is 1. The van der Waals surface area contributed by atoms with E-state index in [1.807, 2.05) is 5.32 Å². The van der Waals surface area contributed by atoms with Gasteiger partial charge in [0.25, 0.3) is 0 Å². The fourth-order valence-corrected chi connectivity index (χ4v) is 1.61. The molecular formula is C12H14F3N3O2. The molecule has 1 rings (SSSR count). The number of hydrogen-bond acceptors (Lipinski definition) is 3. The van der Waals surface area contributed by atoms with Gasteiger partial charge in [-0.25, -0.2) is 0 Å². The first-order valence-electron chi connectivity index (χ1n) is 5.75. The van der Waals surface area contributed by atoms with E-state index in [0.717, 1.165) is 0 Å². The van der Waals surface area contributed by atoms with Crippen molar-refractivity contribution in [2.75, 3.05) is 0 Å². The highest BCUT2D eigenvalue weighted by atomic mass is 19.4. The summed E-state index contributed by atoms with van der Waals surface area (Å²) in [6.07, 6.45) is -4.62. The summed E-state index contributed by atoms with van der Waals surface area (Å²) in [7, 11) is 0. The number of nitrogens with zero attached hydrogens (tertiary/aromatic N) is 1. The van der Waals surface area contributed by atoms with Crippen molar-refractivity contribution in [2.24, 2.45) is 10.9 Å². The summed E-state index contributed by atoms with van der Waals surface area (Å²) in [6.45, 7) is 1.65. The molecule has 1 unspecified atom stereocenters. The van der Waals surface area contributed by atoms with Crippen LogP contribution >= 0.6 is 0 Å². The molecule has 0 bridgehead atoms. The lowest BCUT2D eigenvalue weighted by Crippen LogP contribution is -2.39. The number of nitrogens with one attached hydrogen (secondary N) is 1. The molecule has 1 aromatic rings. The van der Waals surface area contributed by atoms with Gasteiger partial charge in [-0.2, -0.15) is 13.2 Å². The zero-order chi connectivity index (χ0) is 15.3. The number of halogens is 3. The number of amidine groups is 1. The summed E-state index contributed by atoms with van der Waals surface area (Å²) in [5, 5.41) is 13.2. The van der Waals surface area contributed by atoms with E-state index in [2.05, 4.69) is 5.16 Å². The van der Waals surface area contributed by atoms with Crippen LogP contribution in [0.1, 0.15) is 30.5 Å². The van der Waals surface area contributed by atoms with E-state index in [9.17, 15) is 18.0 Å². The molecule has 0 aromatic heterocycles. The normalized spacial score (nSPS) is 13.9. The Hall–Kier alpha value is -2.25. The van der Waals surface area contributed by atoms with Gasteiger partial charge in [-0.3, -0.25) is 4.79 Å². The van der Waals surface area contributed by atoms with Gasteiger partial charge in [0.2, 0.25) is 0 Å². The molecule has 0 saturated carbocycles. The van der Waals surface area contributed by atoms with Crippen LogP contribution in [-0.4, -0.2) is 23.1 Å². The first kappa shape index (κ1) is 15.8. The van der Waals surface area contributed by atoms with Crippen LogP contribution in [0.2, 0.25) is 0 Å². The summed E-state index contributed by atoms with van der Waals surface area (Å²) >= 11 is 0. The van der Waals surface area contributed by atoms with Gasteiger partial charge in [-0.1, -0.05) is 36.3 Å². The van der Waals surface area contributed by atoms with Crippen LogP contribution in [0.25, 0.3) is 0 Å². The number of carbonyl (C=O) groups is 1. The molecule has 110 valence electrons. The second kappa shape index (κ2) is 6.27. The Morgan fingerprint density at radius 1 is 1.40 bits per heavy atom. The van der Waals surface area contributed by atoms with Crippen molar-refractivity contribution in [3.63, 3.8) is 0 Å². The van der Waals surface area contributed by atoms with Crippen LogP contribution in [0, 0.1) is 0 Å². The van der Waals surface area contributed by atoms with Crippen molar-refractivity contribution in [3.8, 4) is 0 Å². The monoisotopic (exact) mass is 289 g/mol. The summed E-state index contributed by atoms with van der Waals surface area (Å²) in [4.78, 5) is 10.9. The molecule has 5 nitrogen and oxygen atoms in total. The largest absolute Gasteiger partial charge is 0.471 e.